The summed E-state index contributed by atoms with van der Waals surface area (Å²) in [6.07, 6.45) is 1.09. The van der Waals surface area contributed by atoms with E-state index in [0.29, 0.717) is 18.0 Å². The maximum Gasteiger partial charge on any atom is 0.299 e. The van der Waals surface area contributed by atoms with E-state index >= 15 is 0 Å². The largest absolute Gasteiger partial charge is 0.316 e. The standard InChI is InChI=1S/C15H20N2O2/c1-3-8-16-9-11(2)10-17-13-7-5-4-6-12(13)14(18)15(17)19/h4-7,11,16H,3,8-10H2,1-2H3. The first-order chi connectivity index (χ1) is 9.15. The van der Waals surface area contributed by atoms with Crippen molar-refractivity contribution in [2.24, 2.45) is 5.92 Å². The molecule has 1 N–H and O–H groups in total. The Bertz CT molecular complexity index is 485. The van der Waals surface area contributed by atoms with Gasteiger partial charge < -0.3 is 10.2 Å². The Morgan fingerprint density at radius 3 is 2.74 bits per heavy atom. The molecule has 0 radical (unpaired) electrons. The smallest absolute Gasteiger partial charge is 0.299 e. The van der Waals surface area contributed by atoms with Crippen LogP contribution in [0.4, 0.5) is 5.69 Å². The van der Waals surface area contributed by atoms with Gasteiger partial charge in [0.25, 0.3) is 11.7 Å². The number of para-hydroxylation sites is 1. The fraction of sp³-hybridized carbons (Fsp3) is 0.467. The van der Waals surface area contributed by atoms with Gasteiger partial charge in [0.15, 0.2) is 0 Å². The first-order valence-electron chi connectivity index (χ1n) is 6.81. The highest BCUT2D eigenvalue weighted by molar-refractivity contribution is 6.52. The van der Waals surface area contributed by atoms with Crippen molar-refractivity contribution in [3.05, 3.63) is 29.8 Å². The molecule has 2 rings (SSSR count). The third-order valence-corrected chi connectivity index (χ3v) is 3.29. The molecule has 1 aliphatic heterocycles. The third-order valence-electron chi connectivity index (χ3n) is 3.29. The summed E-state index contributed by atoms with van der Waals surface area (Å²) in [5.74, 6) is -0.470. The summed E-state index contributed by atoms with van der Waals surface area (Å²) in [6.45, 7) is 6.62. The van der Waals surface area contributed by atoms with Crippen LogP contribution in [-0.2, 0) is 4.79 Å². The summed E-state index contributed by atoms with van der Waals surface area (Å²) in [6, 6.07) is 7.21. The van der Waals surface area contributed by atoms with Crippen molar-refractivity contribution in [1.82, 2.24) is 5.32 Å². The van der Waals surface area contributed by atoms with Crippen LogP contribution in [0.25, 0.3) is 0 Å². The van der Waals surface area contributed by atoms with E-state index in [1.807, 2.05) is 12.1 Å². The summed E-state index contributed by atoms with van der Waals surface area (Å²) >= 11 is 0. The molecule has 19 heavy (non-hydrogen) atoms. The Morgan fingerprint density at radius 1 is 1.26 bits per heavy atom. The predicted molar refractivity (Wildman–Crippen MR) is 75.5 cm³/mol. The number of nitrogens with one attached hydrogen (secondary N) is 1. The van der Waals surface area contributed by atoms with Crippen molar-refractivity contribution in [3.8, 4) is 0 Å². The van der Waals surface area contributed by atoms with E-state index in [0.717, 1.165) is 25.2 Å². The van der Waals surface area contributed by atoms with Crippen molar-refractivity contribution < 1.29 is 9.59 Å². The fourth-order valence-corrected chi connectivity index (χ4v) is 2.33. The van der Waals surface area contributed by atoms with Gasteiger partial charge in [-0.2, -0.15) is 0 Å². The van der Waals surface area contributed by atoms with Gasteiger partial charge in [0.1, 0.15) is 0 Å². The molecule has 4 nitrogen and oxygen atoms in total. The number of hydrogen-bond acceptors (Lipinski definition) is 3. The average molecular weight is 260 g/mol. The zero-order valence-electron chi connectivity index (χ0n) is 11.5. The van der Waals surface area contributed by atoms with E-state index in [4.69, 9.17) is 0 Å². The first kappa shape index (κ1) is 13.7. The quantitative estimate of drug-likeness (QED) is 0.627. The van der Waals surface area contributed by atoms with Gasteiger partial charge in [-0.1, -0.05) is 26.0 Å². The number of hydrogen-bond donors (Lipinski definition) is 1. The Morgan fingerprint density at radius 2 is 2.00 bits per heavy atom. The minimum absolute atomic E-state index is 0.314. The molecule has 0 spiro atoms. The summed E-state index contributed by atoms with van der Waals surface area (Å²) in [4.78, 5) is 25.4. The minimum atomic E-state index is -0.399. The molecule has 4 heteroatoms. The first-order valence-corrected chi connectivity index (χ1v) is 6.81. The van der Waals surface area contributed by atoms with Crippen molar-refractivity contribution in [3.63, 3.8) is 0 Å². The number of carbonyl (C=O) groups is 2. The lowest BCUT2D eigenvalue weighted by atomic mass is 10.1. The van der Waals surface area contributed by atoms with Gasteiger partial charge in [-0.25, -0.2) is 0 Å². The van der Waals surface area contributed by atoms with E-state index in [1.54, 1.807) is 17.0 Å². The topological polar surface area (TPSA) is 49.4 Å². The number of fused-ring (bicyclic) bond motifs is 1. The summed E-state index contributed by atoms with van der Waals surface area (Å²) in [5, 5.41) is 3.34. The fourth-order valence-electron chi connectivity index (χ4n) is 2.33. The molecular formula is C15H20N2O2. The van der Waals surface area contributed by atoms with E-state index in [1.165, 1.54) is 0 Å². The molecule has 0 aromatic heterocycles. The van der Waals surface area contributed by atoms with Gasteiger partial charge in [-0.05, 0) is 37.6 Å². The number of Topliss-reactive ketones (excluding diaryl/α,β-unsaturated/α-hetero) is 1. The van der Waals surface area contributed by atoms with Crippen LogP contribution in [0.2, 0.25) is 0 Å². The molecule has 0 aliphatic carbocycles. The van der Waals surface area contributed by atoms with E-state index in [-0.39, 0.29) is 5.78 Å². The molecule has 1 amide bonds. The second-order valence-corrected chi connectivity index (χ2v) is 5.07. The van der Waals surface area contributed by atoms with Crippen LogP contribution >= 0.6 is 0 Å². The van der Waals surface area contributed by atoms with Gasteiger partial charge in [-0.15, -0.1) is 0 Å². The van der Waals surface area contributed by atoms with Crippen molar-refractivity contribution in [2.75, 3.05) is 24.5 Å². The highest BCUT2D eigenvalue weighted by Crippen LogP contribution is 2.28. The Kier molecular flexibility index (Phi) is 4.32. The van der Waals surface area contributed by atoms with Gasteiger partial charge in [-0.3, -0.25) is 9.59 Å². The van der Waals surface area contributed by atoms with Crippen molar-refractivity contribution in [1.29, 1.82) is 0 Å². The zero-order chi connectivity index (χ0) is 13.8. The second kappa shape index (κ2) is 5.97. The molecule has 0 bridgehead atoms. The zero-order valence-corrected chi connectivity index (χ0v) is 11.5. The van der Waals surface area contributed by atoms with Crippen LogP contribution in [0.3, 0.4) is 0 Å². The van der Waals surface area contributed by atoms with Gasteiger partial charge in [0, 0.05) is 6.54 Å². The molecule has 1 heterocycles. The minimum Gasteiger partial charge on any atom is -0.316 e. The molecule has 0 saturated carbocycles. The van der Waals surface area contributed by atoms with Crippen molar-refractivity contribution in [2.45, 2.75) is 20.3 Å². The molecule has 0 fully saturated rings. The SMILES string of the molecule is CCCNCC(C)CN1C(=O)C(=O)c2ccccc21. The van der Waals surface area contributed by atoms with Crippen LogP contribution in [0.15, 0.2) is 24.3 Å². The Balaban J connectivity index is 2.05. The number of benzene rings is 1. The van der Waals surface area contributed by atoms with Gasteiger partial charge in [0.2, 0.25) is 0 Å². The molecule has 1 unspecified atom stereocenters. The average Bonchev–Trinajstić information content (AvgIpc) is 2.65. The number of amides is 1. The lowest BCUT2D eigenvalue weighted by Gasteiger charge is -2.21. The normalized spacial score (nSPS) is 15.8. The highest BCUT2D eigenvalue weighted by Gasteiger charge is 2.35. The maximum atomic E-state index is 12.0. The molecule has 0 saturated heterocycles. The van der Waals surface area contributed by atoms with E-state index < -0.39 is 5.91 Å². The van der Waals surface area contributed by atoms with Crippen LogP contribution in [0, 0.1) is 5.92 Å². The van der Waals surface area contributed by atoms with E-state index in [2.05, 4.69) is 19.2 Å². The summed E-state index contributed by atoms with van der Waals surface area (Å²) in [5.41, 5.74) is 1.28. The molecule has 1 aromatic carbocycles. The highest BCUT2D eigenvalue weighted by atomic mass is 16.2. The lowest BCUT2D eigenvalue weighted by Crippen LogP contribution is -2.37. The van der Waals surface area contributed by atoms with Crippen LogP contribution in [0.1, 0.15) is 30.6 Å². The lowest BCUT2D eigenvalue weighted by molar-refractivity contribution is -0.114. The monoisotopic (exact) mass is 260 g/mol. The number of ketones is 1. The third kappa shape index (κ3) is 2.84. The molecular weight excluding hydrogens is 240 g/mol. The van der Waals surface area contributed by atoms with Crippen molar-refractivity contribution >= 4 is 17.4 Å². The van der Waals surface area contributed by atoms with Gasteiger partial charge in [0.05, 0.1) is 11.3 Å². The number of anilines is 1. The van der Waals surface area contributed by atoms with Crippen LogP contribution in [0.5, 0.6) is 0 Å². The van der Waals surface area contributed by atoms with Crippen LogP contribution in [-0.4, -0.2) is 31.3 Å². The number of rotatable bonds is 6. The molecule has 1 atom stereocenters. The number of nitrogens with zero attached hydrogens (tertiary/aromatic N) is 1. The Hall–Kier alpha value is -1.68. The van der Waals surface area contributed by atoms with Crippen LogP contribution < -0.4 is 10.2 Å². The maximum absolute atomic E-state index is 12.0. The summed E-state index contributed by atoms with van der Waals surface area (Å²) < 4.78 is 0. The van der Waals surface area contributed by atoms with Gasteiger partial charge >= 0.3 is 0 Å². The second-order valence-electron chi connectivity index (χ2n) is 5.07. The molecule has 1 aliphatic rings. The predicted octanol–water partition coefficient (Wildman–Crippen LogP) is 1.85. The number of carbonyl (C=O) groups excluding carboxylic acids is 2. The molecule has 1 aromatic rings. The summed E-state index contributed by atoms with van der Waals surface area (Å²) in [7, 11) is 0. The molecule has 102 valence electrons. The van der Waals surface area contributed by atoms with E-state index in [9.17, 15) is 9.59 Å². The Labute approximate surface area is 113 Å².